The number of nitrogens with zero attached hydrogens (tertiary/aromatic N) is 3. The molecule has 0 aliphatic heterocycles. The standard InChI is InChI=1S/C11H5Cl2FN4O2S2/c12-8-7-9(16-10(13)15-8)17-11(21-7)22(19,20)18-6-3-1-5(14)2-4-6/h1-4,18H. The van der Waals surface area contributed by atoms with E-state index < -0.39 is 15.8 Å². The van der Waals surface area contributed by atoms with Gasteiger partial charge in [0.2, 0.25) is 9.62 Å². The van der Waals surface area contributed by atoms with Crippen molar-refractivity contribution in [3.63, 3.8) is 0 Å². The molecule has 3 rings (SSSR count). The molecule has 0 aliphatic carbocycles. The normalized spacial score (nSPS) is 11.8. The van der Waals surface area contributed by atoms with Gasteiger partial charge in [0.15, 0.2) is 10.8 Å². The molecule has 0 spiro atoms. The van der Waals surface area contributed by atoms with E-state index in [-0.39, 0.29) is 26.1 Å². The molecule has 22 heavy (non-hydrogen) atoms. The van der Waals surface area contributed by atoms with E-state index in [0.717, 1.165) is 23.5 Å². The molecule has 0 unspecified atom stereocenters. The highest BCUT2D eigenvalue weighted by Gasteiger charge is 2.22. The molecule has 0 amide bonds. The third-order valence-electron chi connectivity index (χ3n) is 2.49. The first-order valence-corrected chi connectivity index (χ1v) is 8.69. The Balaban J connectivity index is 2.02. The van der Waals surface area contributed by atoms with Gasteiger partial charge in [-0.2, -0.15) is 13.4 Å². The second kappa shape index (κ2) is 5.58. The van der Waals surface area contributed by atoms with Crippen LogP contribution in [0.1, 0.15) is 0 Å². The van der Waals surface area contributed by atoms with Crippen LogP contribution in [0.3, 0.4) is 0 Å². The Morgan fingerprint density at radius 1 is 1.09 bits per heavy atom. The summed E-state index contributed by atoms with van der Waals surface area (Å²) in [5, 5.41) is -0.103. The zero-order valence-corrected chi connectivity index (χ0v) is 13.6. The number of nitrogens with one attached hydrogen (secondary N) is 1. The predicted molar refractivity (Wildman–Crippen MR) is 82.4 cm³/mol. The highest BCUT2D eigenvalue weighted by molar-refractivity contribution is 7.94. The molecular weight excluding hydrogens is 374 g/mol. The summed E-state index contributed by atoms with van der Waals surface area (Å²) < 4.78 is 39.7. The minimum absolute atomic E-state index is 0.0238. The summed E-state index contributed by atoms with van der Waals surface area (Å²) >= 11 is 12.3. The van der Waals surface area contributed by atoms with E-state index >= 15 is 0 Å². The van der Waals surface area contributed by atoms with Crippen molar-refractivity contribution in [2.75, 3.05) is 4.72 Å². The highest BCUT2D eigenvalue weighted by atomic mass is 35.5. The lowest BCUT2D eigenvalue weighted by atomic mass is 10.3. The van der Waals surface area contributed by atoms with Gasteiger partial charge in [-0.3, -0.25) is 4.72 Å². The van der Waals surface area contributed by atoms with Gasteiger partial charge < -0.3 is 0 Å². The quantitative estimate of drug-likeness (QED) is 0.557. The summed E-state index contributed by atoms with van der Waals surface area (Å²) in [6, 6.07) is 4.87. The van der Waals surface area contributed by atoms with Crippen molar-refractivity contribution >= 4 is 60.6 Å². The monoisotopic (exact) mass is 378 g/mol. The fraction of sp³-hybridized carbons (Fsp3) is 0. The van der Waals surface area contributed by atoms with E-state index in [0.29, 0.717) is 4.70 Å². The minimum atomic E-state index is -3.95. The van der Waals surface area contributed by atoms with Crippen molar-refractivity contribution < 1.29 is 12.8 Å². The lowest BCUT2D eigenvalue weighted by Crippen LogP contribution is -2.12. The lowest BCUT2D eigenvalue weighted by molar-refractivity contribution is 0.600. The van der Waals surface area contributed by atoms with Gasteiger partial charge in [-0.25, -0.2) is 14.4 Å². The molecule has 0 atom stereocenters. The molecule has 0 aliphatic rings. The van der Waals surface area contributed by atoms with Crippen molar-refractivity contribution in [2.45, 2.75) is 4.34 Å². The van der Waals surface area contributed by atoms with Gasteiger partial charge in [-0.05, 0) is 35.9 Å². The lowest BCUT2D eigenvalue weighted by Gasteiger charge is -2.04. The molecule has 6 nitrogen and oxygen atoms in total. The van der Waals surface area contributed by atoms with Gasteiger partial charge in [0.25, 0.3) is 10.0 Å². The van der Waals surface area contributed by atoms with Gasteiger partial charge >= 0.3 is 0 Å². The first-order chi connectivity index (χ1) is 10.3. The molecule has 0 bridgehead atoms. The second-order valence-electron chi connectivity index (χ2n) is 4.03. The summed E-state index contributed by atoms with van der Waals surface area (Å²) in [5.41, 5.74) is 0.297. The first kappa shape index (κ1) is 15.3. The summed E-state index contributed by atoms with van der Waals surface area (Å²) in [7, 11) is -3.95. The molecule has 0 fully saturated rings. The van der Waals surface area contributed by atoms with Crippen LogP contribution in [-0.2, 0) is 10.0 Å². The van der Waals surface area contributed by atoms with Gasteiger partial charge in [-0.15, -0.1) is 0 Å². The number of benzene rings is 1. The van der Waals surface area contributed by atoms with Crippen LogP contribution in [0, 0.1) is 5.82 Å². The Labute approximate surface area is 138 Å². The van der Waals surface area contributed by atoms with Crippen LogP contribution in [0.4, 0.5) is 10.1 Å². The molecule has 114 valence electrons. The molecule has 2 aromatic heterocycles. The third-order valence-corrected chi connectivity index (χ3v) is 5.86. The molecule has 2 heterocycles. The second-order valence-corrected chi connectivity index (χ2v) is 7.58. The summed E-state index contributed by atoms with van der Waals surface area (Å²) in [6.45, 7) is 0. The molecular formula is C11H5Cl2FN4O2S2. The maximum Gasteiger partial charge on any atom is 0.289 e. The number of fused-ring (bicyclic) bond motifs is 1. The number of halogens is 3. The molecule has 1 N–H and O–H groups in total. The van der Waals surface area contributed by atoms with E-state index in [9.17, 15) is 12.8 Å². The zero-order chi connectivity index (χ0) is 15.9. The molecule has 3 aromatic rings. The summed E-state index contributed by atoms with van der Waals surface area (Å²) in [4.78, 5) is 11.4. The fourth-order valence-electron chi connectivity index (χ4n) is 1.58. The Morgan fingerprint density at radius 3 is 2.45 bits per heavy atom. The van der Waals surface area contributed by atoms with Crippen LogP contribution in [0.5, 0.6) is 0 Å². The Kier molecular flexibility index (Phi) is 3.89. The van der Waals surface area contributed by atoms with Crippen LogP contribution in [-0.4, -0.2) is 23.4 Å². The number of aromatic nitrogens is 3. The number of thiazole rings is 1. The smallest absolute Gasteiger partial charge is 0.278 e. The van der Waals surface area contributed by atoms with Crippen LogP contribution in [0.2, 0.25) is 10.4 Å². The molecule has 0 saturated heterocycles. The van der Waals surface area contributed by atoms with Crippen LogP contribution >= 0.6 is 34.5 Å². The van der Waals surface area contributed by atoms with Crippen molar-refractivity contribution in [1.29, 1.82) is 0 Å². The molecule has 0 saturated carbocycles. The van der Waals surface area contributed by atoms with Crippen molar-refractivity contribution in [2.24, 2.45) is 0 Å². The minimum Gasteiger partial charge on any atom is -0.278 e. The number of rotatable bonds is 3. The average Bonchev–Trinajstić information content (AvgIpc) is 2.86. The zero-order valence-electron chi connectivity index (χ0n) is 10.4. The predicted octanol–water partition coefficient (Wildman–Crippen LogP) is 3.33. The van der Waals surface area contributed by atoms with Crippen LogP contribution < -0.4 is 4.72 Å². The Hall–Kier alpha value is -1.55. The molecule has 1 aromatic carbocycles. The largest absolute Gasteiger partial charge is 0.289 e. The molecule has 0 radical (unpaired) electrons. The molecule has 11 heteroatoms. The number of hydrogen-bond donors (Lipinski definition) is 1. The fourth-order valence-corrected chi connectivity index (χ4v) is 4.24. The van der Waals surface area contributed by atoms with Gasteiger partial charge in [0.1, 0.15) is 10.5 Å². The van der Waals surface area contributed by atoms with Gasteiger partial charge in [0, 0.05) is 5.69 Å². The average molecular weight is 379 g/mol. The van der Waals surface area contributed by atoms with E-state index in [4.69, 9.17) is 23.2 Å². The van der Waals surface area contributed by atoms with E-state index in [1.807, 2.05) is 0 Å². The van der Waals surface area contributed by atoms with Crippen LogP contribution in [0.25, 0.3) is 10.3 Å². The number of hydrogen-bond acceptors (Lipinski definition) is 6. The topological polar surface area (TPSA) is 84.8 Å². The Morgan fingerprint density at radius 2 is 1.77 bits per heavy atom. The van der Waals surface area contributed by atoms with E-state index in [2.05, 4.69) is 19.7 Å². The maximum absolute atomic E-state index is 12.8. The number of sulfonamides is 1. The van der Waals surface area contributed by atoms with E-state index in [1.165, 1.54) is 12.1 Å². The van der Waals surface area contributed by atoms with Gasteiger partial charge in [-0.1, -0.05) is 22.9 Å². The summed E-state index contributed by atoms with van der Waals surface area (Å²) in [5.74, 6) is -0.473. The van der Waals surface area contributed by atoms with Crippen LogP contribution in [0.15, 0.2) is 28.6 Å². The third kappa shape index (κ3) is 2.98. The van der Waals surface area contributed by atoms with Crippen molar-refractivity contribution in [1.82, 2.24) is 15.0 Å². The summed E-state index contributed by atoms with van der Waals surface area (Å²) in [6.07, 6.45) is 0. The highest BCUT2D eigenvalue weighted by Crippen LogP contribution is 2.31. The van der Waals surface area contributed by atoms with E-state index in [1.54, 1.807) is 0 Å². The Bertz CT molecular complexity index is 960. The first-order valence-electron chi connectivity index (χ1n) is 5.63. The van der Waals surface area contributed by atoms with Crippen molar-refractivity contribution in [3.8, 4) is 0 Å². The number of anilines is 1. The maximum atomic E-state index is 12.8. The van der Waals surface area contributed by atoms with Gasteiger partial charge in [0.05, 0.1) is 0 Å². The SMILES string of the molecule is O=S(=O)(Nc1ccc(F)cc1)c1nc2nc(Cl)nc(Cl)c2s1. The van der Waals surface area contributed by atoms with Crippen molar-refractivity contribution in [3.05, 3.63) is 40.5 Å².